The quantitative estimate of drug-likeness (QED) is 0.483. The Morgan fingerprint density at radius 1 is 1.06 bits per heavy atom. The predicted molar refractivity (Wildman–Crippen MR) is 77.9 cm³/mol. The molecular weight excluding hydrogens is 244 g/mol. The summed E-state index contributed by atoms with van der Waals surface area (Å²) in [7, 11) is 0. The van der Waals surface area contributed by atoms with Crippen LogP contribution in [0.1, 0.15) is 13.8 Å². The second-order valence-electron chi connectivity index (χ2n) is 3.76. The average Bonchev–Trinajstić information content (AvgIpc) is 2.41. The van der Waals surface area contributed by atoms with Gasteiger partial charge in [0.15, 0.2) is 6.20 Å². The van der Waals surface area contributed by atoms with Gasteiger partial charge < -0.3 is 5.73 Å². The van der Waals surface area contributed by atoms with E-state index < -0.39 is 0 Å². The second-order valence-corrected chi connectivity index (χ2v) is 4.19. The molecule has 3 heteroatoms. The highest BCUT2D eigenvalue weighted by Gasteiger charge is 2.11. The van der Waals surface area contributed by atoms with E-state index in [2.05, 4.69) is 4.40 Å². The molecule has 92 valence electrons. The molecule has 0 atom stereocenters. The Labute approximate surface area is 112 Å². The van der Waals surface area contributed by atoms with Crippen molar-refractivity contribution in [3.8, 4) is 0 Å². The first kappa shape index (κ1) is 12.7. The van der Waals surface area contributed by atoms with Gasteiger partial charge in [0.1, 0.15) is 0 Å². The number of rotatable bonds is 0. The number of anilines is 1. The standard InChI is InChI=1S/C13H9ClN2.C2H6/c14-9-4-5-13-11(7-9)12(15)8-10-3-1-2-6-16(10)13;1-2/h1-8,15H;1-2H3/p+1. The third kappa shape index (κ3) is 2.12. The van der Waals surface area contributed by atoms with Crippen LogP contribution in [-0.4, -0.2) is 0 Å². The smallest absolute Gasteiger partial charge is 0.220 e. The van der Waals surface area contributed by atoms with Crippen molar-refractivity contribution in [1.82, 2.24) is 0 Å². The molecule has 0 amide bonds. The van der Waals surface area contributed by atoms with Crippen molar-refractivity contribution in [3.63, 3.8) is 0 Å². The van der Waals surface area contributed by atoms with E-state index >= 15 is 0 Å². The highest BCUT2D eigenvalue weighted by Crippen LogP contribution is 2.23. The first-order chi connectivity index (χ1) is 8.75. The Morgan fingerprint density at radius 2 is 1.83 bits per heavy atom. The molecule has 0 aliphatic rings. The van der Waals surface area contributed by atoms with Gasteiger partial charge in [-0.25, -0.2) is 0 Å². The van der Waals surface area contributed by atoms with Crippen LogP contribution in [0.5, 0.6) is 0 Å². The molecule has 2 aromatic heterocycles. The number of hydrogen-bond donors (Lipinski definition) is 1. The number of benzene rings is 1. The summed E-state index contributed by atoms with van der Waals surface area (Å²) < 4.78 is 2.10. The molecule has 0 bridgehead atoms. The van der Waals surface area contributed by atoms with Gasteiger partial charge >= 0.3 is 0 Å². The number of aromatic nitrogens is 1. The SMILES string of the molecule is CC.Nc1cc2cccc[n+]2c2ccc(Cl)cc12. The van der Waals surface area contributed by atoms with Gasteiger partial charge in [-0.2, -0.15) is 4.40 Å². The van der Waals surface area contributed by atoms with Crippen molar-refractivity contribution in [2.75, 3.05) is 5.73 Å². The molecular formula is C15H16ClN2+. The zero-order chi connectivity index (χ0) is 13.1. The van der Waals surface area contributed by atoms with E-state index in [4.69, 9.17) is 17.3 Å². The number of nitrogen functional groups attached to an aromatic ring is 1. The first-order valence-electron chi connectivity index (χ1n) is 6.04. The zero-order valence-corrected chi connectivity index (χ0v) is 11.3. The molecule has 0 aliphatic heterocycles. The fourth-order valence-electron chi connectivity index (χ4n) is 1.98. The maximum Gasteiger partial charge on any atom is 0.220 e. The lowest BCUT2D eigenvalue weighted by molar-refractivity contribution is -0.481. The topological polar surface area (TPSA) is 30.1 Å². The number of nitrogens with two attached hydrogens (primary N) is 1. The highest BCUT2D eigenvalue weighted by atomic mass is 35.5. The maximum absolute atomic E-state index is 6.02. The van der Waals surface area contributed by atoms with Gasteiger partial charge in [-0.05, 0) is 18.2 Å². The summed E-state index contributed by atoms with van der Waals surface area (Å²) in [6, 6.07) is 13.7. The van der Waals surface area contributed by atoms with Crippen LogP contribution in [0.4, 0.5) is 5.69 Å². The Hall–Kier alpha value is -1.80. The van der Waals surface area contributed by atoms with Gasteiger partial charge in [-0.1, -0.05) is 25.4 Å². The lowest BCUT2D eigenvalue weighted by Gasteiger charge is -2.01. The molecule has 18 heavy (non-hydrogen) atoms. The van der Waals surface area contributed by atoms with E-state index in [1.165, 1.54) is 0 Å². The van der Waals surface area contributed by atoms with E-state index in [1.807, 2.05) is 62.5 Å². The van der Waals surface area contributed by atoms with Gasteiger partial charge in [0, 0.05) is 29.3 Å². The van der Waals surface area contributed by atoms with Gasteiger partial charge in [-0.3, -0.25) is 0 Å². The van der Waals surface area contributed by atoms with Gasteiger partial charge in [0.05, 0.1) is 11.1 Å². The van der Waals surface area contributed by atoms with E-state index in [1.54, 1.807) is 0 Å². The number of nitrogens with zero attached hydrogens (tertiary/aromatic N) is 1. The van der Waals surface area contributed by atoms with Crippen molar-refractivity contribution in [2.45, 2.75) is 13.8 Å². The molecule has 0 saturated heterocycles. The van der Waals surface area contributed by atoms with Gasteiger partial charge in [0.2, 0.25) is 11.0 Å². The van der Waals surface area contributed by atoms with Gasteiger partial charge in [0.25, 0.3) is 0 Å². The second kappa shape index (κ2) is 5.23. The molecule has 0 saturated carbocycles. The van der Waals surface area contributed by atoms with Crippen LogP contribution in [0, 0.1) is 0 Å². The number of halogens is 1. The maximum atomic E-state index is 6.02. The van der Waals surface area contributed by atoms with E-state index in [-0.39, 0.29) is 0 Å². The number of pyridine rings is 2. The van der Waals surface area contributed by atoms with Crippen molar-refractivity contribution >= 4 is 33.7 Å². The van der Waals surface area contributed by atoms with Crippen LogP contribution in [-0.2, 0) is 0 Å². The molecule has 3 rings (SSSR count). The van der Waals surface area contributed by atoms with Crippen molar-refractivity contribution in [1.29, 1.82) is 0 Å². The molecule has 0 radical (unpaired) electrons. The summed E-state index contributed by atoms with van der Waals surface area (Å²) >= 11 is 5.98. The predicted octanol–water partition coefficient (Wildman–Crippen LogP) is 3.84. The summed E-state index contributed by atoms with van der Waals surface area (Å²) in [5, 5.41) is 1.69. The van der Waals surface area contributed by atoms with E-state index in [0.717, 1.165) is 22.1 Å². The minimum absolute atomic E-state index is 0.704. The summed E-state index contributed by atoms with van der Waals surface area (Å²) in [5.74, 6) is 0. The summed E-state index contributed by atoms with van der Waals surface area (Å²) in [4.78, 5) is 0. The summed E-state index contributed by atoms with van der Waals surface area (Å²) in [6.45, 7) is 4.00. The van der Waals surface area contributed by atoms with Crippen LogP contribution >= 0.6 is 11.6 Å². The van der Waals surface area contributed by atoms with Crippen LogP contribution in [0.15, 0.2) is 48.7 Å². The fraction of sp³-hybridized carbons (Fsp3) is 0.133. The van der Waals surface area contributed by atoms with Crippen LogP contribution in [0.25, 0.3) is 16.4 Å². The monoisotopic (exact) mass is 259 g/mol. The Kier molecular flexibility index (Phi) is 3.68. The van der Waals surface area contributed by atoms with Crippen molar-refractivity contribution in [3.05, 3.63) is 53.7 Å². The molecule has 2 nitrogen and oxygen atoms in total. The zero-order valence-electron chi connectivity index (χ0n) is 10.5. The van der Waals surface area contributed by atoms with Crippen LogP contribution in [0.2, 0.25) is 5.02 Å². The largest absolute Gasteiger partial charge is 0.398 e. The third-order valence-electron chi connectivity index (χ3n) is 2.72. The molecule has 1 aromatic carbocycles. The normalized spacial score (nSPS) is 10.2. The van der Waals surface area contributed by atoms with Gasteiger partial charge in [-0.15, -0.1) is 0 Å². The summed E-state index contributed by atoms with van der Waals surface area (Å²) in [6.07, 6.45) is 2.02. The Morgan fingerprint density at radius 3 is 2.61 bits per heavy atom. The number of hydrogen-bond acceptors (Lipinski definition) is 1. The van der Waals surface area contributed by atoms with Crippen LogP contribution in [0.3, 0.4) is 0 Å². The third-order valence-corrected chi connectivity index (χ3v) is 2.96. The molecule has 0 fully saturated rings. The van der Waals surface area contributed by atoms with Crippen LogP contribution < -0.4 is 10.1 Å². The minimum Gasteiger partial charge on any atom is -0.398 e. The molecule has 0 aliphatic carbocycles. The van der Waals surface area contributed by atoms with Crippen molar-refractivity contribution in [2.24, 2.45) is 0 Å². The van der Waals surface area contributed by atoms with E-state index in [0.29, 0.717) is 5.02 Å². The minimum atomic E-state index is 0.704. The Bertz CT molecular complexity index is 692. The lowest BCUT2D eigenvalue weighted by Crippen LogP contribution is -2.22. The Balaban J connectivity index is 0.000000574. The summed E-state index contributed by atoms with van der Waals surface area (Å²) in [5.41, 5.74) is 8.92. The van der Waals surface area contributed by atoms with E-state index in [9.17, 15) is 0 Å². The molecule has 2 heterocycles. The fourth-order valence-corrected chi connectivity index (χ4v) is 2.15. The molecule has 3 aromatic rings. The highest BCUT2D eigenvalue weighted by molar-refractivity contribution is 6.31. The van der Waals surface area contributed by atoms with Crippen molar-refractivity contribution < 1.29 is 4.40 Å². The molecule has 0 unspecified atom stereocenters. The molecule has 0 spiro atoms. The molecule has 2 N–H and O–H groups in total. The first-order valence-corrected chi connectivity index (χ1v) is 6.42. The average molecular weight is 260 g/mol. The number of fused-ring (bicyclic) bond motifs is 3. The lowest BCUT2D eigenvalue weighted by atomic mass is 10.1.